The SMILES string of the molecule is OC(Cc1cc(Cl)ccc1Cl)CC1CCCCCC1. The van der Waals surface area contributed by atoms with Gasteiger partial charge in [0.25, 0.3) is 0 Å². The summed E-state index contributed by atoms with van der Waals surface area (Å²) in [5, 5.41) is 11.6. The second-order valence-corrected chi connectivity index (χ2v) is 6.53. The van der Waals surface area contributed by atoms with Gasteiger partial charge in [0.05, 0.1) is 6.10 Å². The maximum Gasteiger partial charge on any atom is 0.0583 e. The van der Waals surface area contributed by atoms with E-state index in [2.05, 4.69) is 0 Å². The maximum atomic E-state index is 10.3. The molecule has 19 heavy (non-hydrogen) atoms. The molecule has 1 aliphatic carbocycles. The van der Waals surface area contributed by atoms with Crippen molar-refractivity contribution in [3.05, 3.63) is 33.8 Å². The Bertz CT molecular complexity index is 398. The summed E-state index contributed by atoms with van der Waals surface area (Å²) in [6.07, 6.45) is 9.06. The minimum absolute atomic E-state index is 0.306. The molecule has 0 spiro atoms. The molecule has 1 aromatic rings. The molecule has 106 valence electrons. The van der Waals surface area contributed by atoms with Crippen LogP contribution in [0.1, 0.15) is 50.5 Å². The van der Waals surface area contributed by atoms with Gasteiger partial charge in [-0.25, -0.2) is 0 Å². The van der Waals surface area contributed by atoms with Crippen molar-refractivity contribution in [2.24, 2.45) is 5.92 Å². The van der Waals surface area contributed by atoms with Gasteiger partial charge in [-0.05, 0) is 42.5 Å². The predicted octanol–water partition coefficient (Wildman–Crippen LogP) is 5.26. The third-order valence-electron chi connectivity index (χ3n) is 4.04. The van der Waals surface area contributed by atoms with Gasteiger partial charge in [-0.3, -0.25) is 0 Å². The van der Waals surface area contributed by atoms with E-state index in [-0.39, 0.29) is 6.10 Å². The first kappa shape index (κ1) is 15.2. The van der Waals surface area contributed by atoms with Crippen molar-refractivity contribution in [2.75, 3.05) is 0 Å². The fourth-order valence-electron chi connectivity index (χ4n) is 3.02. The van der Waals surface area contributed by atoms with Gasteiger partial charge < -0.3 is 5.11 Å². The highest BCUT2D eigenvalue weighted by Crippen LogP contribution is 2.28. The molecule has 0 aliphatic heterocycles. The Morgan fingerprint density at radius 3 is 2.47 bits per heavy atom. The maximum absolute atomic E-state index is 10.3. The highest BCUT2D eigenvalue weighted by Gasteiger charge is 2.17. The van der Waals surface area contributed by atoms with E-state index in [0.29, 0.717) is 22.4 Å². The molecule has 1 nitrogen and oxygen atoms in total. The molecule has 0 saturated heterocycles. The number of halogens is 2. The Kier molecular flexibility index (Phi) is 6.00. The van der Waals surface area contributed by atoms with Gasteiger partial charge in [0.2, 0.25) is 0 Å². The van der Waals surface area contributed by atoms with E-state index in [1.54, 1.807) is 12.1 Å². The predicted molar refractivity (Wildman–Crippen MR) is 82.0 cm³/mol. The molecule has 1 aromatic carbocycles. The summed E-state index contributed by atoms with van der Waals surface area (Å²) in [6.45, 7) is 0. The summed E-state index contributed by atoms with van der Waals surface area (Å²) >= 11 is 12.1. The summed E-state index contributed by atoms with van der Waals surface area (Å²) in [5.41, 5.74) is 0.954. The average molecular weight is 301 g/mol. The molecule has 1 N–H and O–H groups in total. The molecule has 1 atom stereocenters. The molecule has 0 radical (unpaired) electrons. The topological polar surface area (TPSA) is 20.2 Å². The van der Waals surface area contributed by atoms with Gasteiger partial charge in [-0.2, -0.15) is 0 Å². The molecule has 0 bridgehead atoms. The van der Waals surface area contributed by atoms with Gasteiger partial charge in [0.15, 0.2) is 0 Å². The summed E-state index contributed by atoms with van der Waals surface area (Å²) < 4.78 is 0. The number of rotatable bonds is 4. The summed E-state index contributed by atoms with van der Waals surface area (Å²) in [6, 6.07) is 5.45. The number of hydrogen-bond donors (Lipinski definition) is 1. The van der Waals surface area contributed by atoms with Crippen molar-refractivity contribution in [3.8, 4) is 0 Å². The van der Waals surface area contributed by atoms with Crippen LogP contribution in [0.5, 0.6) is 0 Å². The number of benzene rings is 1. The first-order valence-corrected chi connectivity index (χ1v) is 8.02. The van der Waals surface area contributed by atoms with E-state index in [4.69, 9.17) is 23.2 Å². The van der Waals surface area contributed by atoms with Crippen LogP contribution in [0.25, 0.3) is 0 Å². The fourth-order valence-corrected chi connectivity index (χ4v) is 3.41. The molecule has 1 fully saturated rings. The van der Waals surface area contributed by atoms with Crippen LogP contribution >= 0.6 is 23.2 Å². The van der Waals surface area contributed by atoms with Crippen molar-refractivity contribution in [1.29, 1.82) is 0 Å². The van der Waals surface area contributed by atoms with Crippen molar-refractivity contribution in [1.82, 2.24) is 0 Å². The number of aliphatic hydroxyl groups is 1. The Labute approximate surface area is 125 Å². The van der Waals surface area contributed by atoms with Crippen LogP contribution in [0.15, 0.2) is 18.2 Å². The third-order valence-corrected chi connectivity index (χ3v) is 4.65. The highest BCUT2D eigenvalue weighted by molar-refractivity contribution is 6.33. The van der Waals surface area contributed by atoms with E-state index < -0.39 is 0 Å². The zero-order valence-electron chi connectivity index (χ0n) is 11.2. The number of hydrogen-bond acceptors (Lipinski definition) is 1. The Hall–Kier alpha value is -0.240. The first-order valence-electron chi connectivity index (χ1n) is 7.27. The van der Waals surface area contributed by atoms with Crippen molar-refractivity contribution in [2.45, 2.75) is 57.5 Å². The van der Waals surface area contributed by atoms with Gasteiger partial charge >= 0.3 is 0 Å². The van der Waals surface area contributed by atoms with E-state index in [1.165, 1.54) is 38.5 Å². The average Bonchev–Trinajstić information content (AvgIpc) is 2.62. The standard InChI is InChI=1S/C16H22Cl2O/c17-14-7-8-16(18)13(10-14)11-15(19)9-12-5-3-1-2-4-6-12/h7-8,10,12,15,19H,1-6,9,11H2. The van der Waals surface area contributed by atoms with Crippen LogP contribution in [0, 0.1) is 5.92 Å². The van der Waals surface area contributed by atoms with Crippen LogP contribution in [0.2, 0.25) is 10.0 Å². The van der Waals surface area contributed by atoms with Gasteiger partial charge in [-0.15, -0.1) is 0 Å². The third kappa shape index (κ3) is 4.98. The lowest BCUT2D eigenvalue weighted by Crippen LogP contribution is -2.16. The largest absolute Gasteiger partial charge is 0.393 e. The van der Waals surface area contributed by atoms with Crippen LogP contribution in [-0.2, 0) is 6.42 Å². The van der Waals surface area contributed by atoms with Crippen LogP contribution in [-0.4, -0.2) is 11.2 Å². The molecule has 1 aliphatic rings. The van der Waals surface area contributed by atoms with E-state index >= 15 is 0 Å². The lowest BCUT2D eigenvalue weighted by Gasteiger charge is -2.19. The smallest absolute Gasteiger partial charge is 0.0583 e. The quantitative estimate of drug-likeness (QED) is 0.752. The lowest BCUT2D eigenvalue weighted by atomic mass is 9.91. The normalized spacial score (nSPS) is 19.1. The summed E-state index contributed by atoms with van der Waals surface area (Å²) in [5.74, 6) is 0.676. The molecule has 0 amide bonds. The van der Waals surface area contributed by atoms with E-state index in [1.807, 2.05) is 6.07 Å². The Morgan fingerprint density at radius 2 is 1.79 bits per heavy atom. The molecular weight excluding hydrogens is 279 g/mol. The second kappa shape index (κ2) is 7.52. The van der Waals surface area contributed by atoms with Crippen molar-refractivity contribution < 1.29 is 5.11 Å². The molecule has 1 unspecified atom stereocenters. The Morgan fingerprint density at radius 1 is 1.11 bits per heavy atom. The van der Waals surface area contributed by atoms with Crippen molar-refractivity contribution >= 4 is 23.2 Å². The molecule has 3 heteroatoms. The van der Waals surface area contributed by atoms with E-state index in [0.717, 1.165) is 12.0 Å². The highest BCUT2D eigenvalue weighted by atomic mass is 35.5. The van der Waals surface area contributed by atoms with Crippen LogP contribution in [0.3, 0.4) is 0 Å². The lowest BCUT2D eigenvalue weighted by molar-refractivity contribution is 0.137. The molecule has 0 aromatic heterocycles. The molecule has 0 heterocycles. The zero-order chi connectivity index (χ0) is 13.7. The van der Waals surface area contributed by atoms with Gasteiger partial charge in [0.1, 0.15) is 0 Å². The Balaban J connectivity index is 1.89. The van der Waals surface area contributed by atoms with E-state index in [9.17, 15) is 5.11 Å². The first-order chi connectivity index (χ1) is 9.15. The summed E-state index contributed by atoms with van der Waals surface area (Å²) in [4.78, 5) is 0. The minimum atomic E-state index is -0.306. The molecular formula is C16H22Cl2O. The van der Waals surface area contributed by atoms with Crippen LogP contribution < -0.4 is 0 Å². The van der Waals surface area contributed by atoms with Crippen molar-refractivity contribution in [3.63, 3.8) is 0 Å². The molecule has 1 saturated carbocycles. The summed E-state index contributed by atoms with van der Waals surface area (Å²) in [7, 11) is 0. The number of aliphatic hydroxyl groups excluding tert-OH is 1. The minimum Gasteiger partial charge on any atom is -0.393 e. The second-order valence-electron chi connectivity index (χ2n) is 5.69. The van der Waals surface area contributed by atoms with Gasteiger partial charge in [-0.1, -0.05) is 61.7 Å². The van der Waals surface area contributed by atoms with Crippen LogP contribution in [0.4, 0.5) is 0 Å². The zero-order valence-corrected chi connectivity index (χ0v) is 12.8. The fraction of sp³-hybridized carbons (Fsp3) is 0.625. The van der Waals surface area contributed by atoms with Gasteiger partial charge in [0, 0.05) is 10.0 Å². The monoisotopic (exact) mass is 300 g/mol. The molecule has 2 rings (SSSR count).